The topological polar surface area (TPSA) is 63.1 Å². The number of hydrogen-bond donors (Lipinski definition) is 1. The fourth-order valence-corrected chi connectivity index (χ4v) is 2.28. The minimum absolute atomic E-state index is 0.0679. The molecule has 0 aliphatic rings. The summed E-state index contributed by atoms with van der Waals surface area (Å²) in [6, 6.07) is 18.9. The highest BCUT2D eigenvalue weighted by molar-refractivity contribution is 5.85. The highest BCUT2D eigenvalue weighted by Crippen LogP contribution is 2.19. The number of pyridine rings is 2. The van der Waals surface area contributed by atoms with E-state index in [9.17, 15) is 4.79 Å². The van der Waals surface area contributed by atoms with Crippen molar-refractivity contribution in [2.45, 2.75) is 6.42 Å². The summed E-state index contributed by atoms with van der Waals surface area (Å²) in [5, 5.41) is 9.00. The second-order valence-corrected chi connectivity index (χ2v) is 4.91. The average molecular weight is 290 g/mol. The van der Waals surface area contributed by atoms with E-state index < -0.39 is 5.97 Å². The standard InChI is InChI=1S/C18H14N2O2/c21-18(22)17-9-4-7-15(20-17)12-13-5-3-6-14(11-13)16-8-1-2-10-19-16/h1-11H,12H2,(H,21,22). The summed E-state index contributed by atoms with van der Waals surface area (Å²) in [7, 11) is 0. The molecule has 0 aliphatic carbocycles. The van der Waals surface area contributed by atoms with Gasteiger partial charge in [0, 0.05) is 23.9 Å². The Bertz CT molecular complexity index is 801. The quantitative estimate of drug-likeness (QED) is 0.799. The Morgan fingerprint density at radius 1 is 1.00 bits per heavy atom. The molecule has 4 nitrogen and oxygen atoms in total. The molecule has 3 aromatic rings. The first-order valence-corrected chi connectivity index (χ1v) is 6.92. The molecule has 0 spiro atoms. The van der Waals surface area contributed by atoms with Gasteiger partial charge in [0.2, 0.25) is 0 Å². The normalized spacial score (nSPS) is 10.4. The molecule has 0 amide bonds. The van der Waals surface area contributed by atoms with Crippen LogP contribution in [0, 0.1) is 0 Å². The first kappa shape index (κ1) is 13.9. The van der Waals surface area contributed by atoms with Gasteiger partial charge in [0.15, 0.2) is 0 Å². The molecular weight excluding hydrogens is 276 g/mol. The molecule has 0 aliphatic heterocycles. The van der Waals surface area contributed by atoms with E-state index in [-0.39, 0.29) is 5.69 Å². The number of aromatic carboxylic acids is 1. The van der Waals surface area contributed by atoms with Crippen LogP contribution in [0.5, 0.6) is 0 Å². The first-order chi connectivity index (χ1) is 10.7. The monoisotopic (exact) mass is 290 g/mol. The van der Waals surface area contributed by atoms with Crippen molar-refractivity contribution in [1.82, 2.24) is 9.97 Å². The molecule has 0 bridgehead atoms. The second kappa shape index (κ2) is 6.18. The summed E-state index contributed by atoms with van der Waals surface area (Å²) < 4.78 is 0. The summed E-state index contributed by atoms with van der Waals surface area (Å²) in [6.45, 7) is 0. The lowest BCUT2D eigenvalue weighted by atomic mass is 10.0. The summed E-state index contributed by atoms with van der Waals surface area (Å²) in [5.41, 5.74) is 3.82. The number of carboxylic acids is 1. The lowest BCUT2D eigenvalue weighted by Gasteiger charge is -2.05. The van der Waals surface area contributed by atoms with Crippen LogP contribution in [0.25, 0.3) is 11.3 Å². The van der Waals surface area contributed by atoms with Crippen LogP contribution in [0.2, 0.25) is 0 Å². The number of benzene rings is 1. The van der Waals surface area contributed by atoms with E-state index in [2.05, 4.69) is 16.0 Å². The molecule has 0 saturated carbocycles. The summed E-state index contributed by atoms with van der Waals surface area (Å²) in [4.78, 5) is 19.5. The van der Waals surface area contributed by atoms with Gasteiger partial charge in [0.05, 0.1) is 5.69 Å². The Morgan fingerprint density at radius 3 is 2.64 bits per heavy atom. The van der Waals surface area contributed by atoms with Crippen LogP contribution in [0.1, 0.15) is 21.7 Å². The third-order valence-electron chi connectivity index (χ3n) is 3.30. The molecule has 108 valence electrons. The molecule has 2 heterocycles. The Hall–Kier alpha value is -3.01. The van der Waals surface area contributed by atoms with Crippen LogP contribution >= 0.6 is 0 Å². The molecule has 22 heavy (non-hydrogen) atoms. The molecule has 2 aromatic heterocycles. The van der Waals surface area contributed by atoms with E-state index in [1.165, 1.54) is 6.07 Å². The van der Waals surface area contributed by atoms with Gasteiger partial charge in [-0.15, -0.1) is 0 Å². The van der Waals surface area contributed by atoms with Crippen molar-refractivity contribution in [2.24, 2.45) is 0 Å². The van der Waals surface area contributed by atoms with Crippen molar-refractivity contribution in [3.63, 3.8) is 0 Å². The third kappa shape index (κ3) is 3.17. The molecule has 0 unspecified atom stereocenters. The zero-order chi connectivity index (χ0) is 15.4. The number of rotatable bonds is 4. The van der Waals surface area contributed by atoms with E-state index >= 15 is 0 Å². The Kier molecular flexibility index (Phi) is 3.92. The molecular formula is C18H14N2O2. The SMILES string of the molecule is O=C(O)c1cccc(Cc2cccc(-c3ccccn3)c2)n1. The van der Waals surface area contributed by atoms with Gasteiger partial charge in [0.1, 0.15) is 5.69 Å². The lowest BCUT2D eigenvalue weighted by molar-refractivity contribution is 0.0690. The molecule has 4 heteroatoms. The number of hydrogen-bond acceptors (Lipinski definition) is 3. The highest BCUT2D eigenvalue weighted by atomic mass is 16.4. The highest BCUT2D eigenvalue weighted by Gasteiger charge is 2.06. The second-order valence-electron chi connectivity index (χ2n) is 4.91. The zero-order valence-electron chi connectivity index (χ0n) is 11.8. The average Bonchev–Trinajstić information content (AvgIpc) is 2.56. The van der Waals surface area contributed by atoms with Gasteiger partial charge in [-0.05, 0) is 35.9 Å². The van der Waals surface area contributed by atoms with Crippen LogP contribution in [-0.4, -0.2) is 21.0 Å². The van der Waals surface area contributed by atoms with Gasteiger partial charge in [-0.3, -0.25) is 4.98 Å². The zero-order valence-corrected chi connectivity index (χ0v) is 11.8. The number of aromatic nitrogens is 2. The van der Waals surface area contributed by atoms with Crippen molar-refractivity contribution >= 4 is 5.97 Å². The maximum Gasteiger partial charge on any atom is 0.354 e. The van der Waals surface area contributed by atoms with Crippen LogP contribution in [0.15, 0.2) is 66.9 Å². The van der Waals surface area contributed by atoms with Crippen LogP contribution in [0.3, 0.4) is 0 Å². The molecule has 0 saturated heterocycles. The Labute approximate surface area is 128 Å². The van der Waals surface area contributed by atoms with Crippen molar-refractivity contribution < 1.29 is 9.90 Å². The fraction of sp³-hybridized carbons (Fsp3) is 0.0556. The predicted molar refractivity (Wildman–Crippen MR) is 83.7 cm³/mol. The third-order valence-corrected chi connectivity index (χ3v) is 3.30. The van der Waals surface area contributed by atoms with Crippen molar-refractivity contribution in [2.75, 3.05) is 0 Å². The maximum absolute atomic E-state index is 11.0. The minimum Gasteiger partial charge on any atom is -0.477 e. The summed E-state index contributed by atoms with van der Waals surface area (Å²) in [6.07, 6.45) is 2.35. The molecule has 0 radical (unpaired) electrons. The fourth-order valence-electron chi connectivity index (χ4n) is 2.28. The smallest absolute Gasteiger partial charge is 0.354 e. The van der Waals surface area contributed by atoms with Crippen LogP contribution < -0.4 is 0 Å². The van der Waals surface area contributed by atoms with Crippen molar-refractivity contribution in [3.8, 4) is 11.3 Å². The van der Waals surface area contributed by atoms with Gasteiger partial charge in [-0.1, -0.05) is 30.3 Å². The van der Waals surface area contributed by atoms with Crippen molar-refractivity contribution in [1.29, 1.82) is 0 Å². The van der Waals surface area contributed by atoms with Crippen LogP contribution in [0.4, 0.5) is 0 Å². The number of carbonyl (C=O) groups is 1. The van der Waals surface area contributed by atoms with Gasteiger partial charge in [0.25, 0.3) is 0 Å². The Morgan fingerprint density at radius 2 is 1.86 bits per heavy atom. The van der Waals surface area contributed by atoms with Gasteiger partial charge in [-0.2, -0.15) is 0 Å². The summed E-state index contributed by atoms with van der Waals surface area (Å²) in [5.74, 6) is -1.01. The first-order valence-electron chi connectivity index (χ1n) is 6.92. The van der Waals surface area contributed by atoms with E-state index in [4.69, 9.17) is 5.11 Å². The maximum atomic E-state index is 11.0. The van der Waals surface area contributed by atoms with E-state index in [1.54, 1.807) is 12.3 Å². The molecule has 1 aromatic carbocycles. The van der Waals surface area contributed by atoms with Gasteiger partial charge in [-0.25, -0.2) is 9.78 Å². The molecule has 1 N–H and O–H groups in total. The molecule has 0 atom stereocenters. The molecule has 3 rings (SSSR count). The van der Waals surface area contributed by atoms with Gasteiger partial charge >= 0.3 is 5.97 Å². The minimum atomic E-state index is -1.01. The number of nitrogens with zero attached hydrogens (tertiary/aromatic N) is 2. The number of carboxylic acid groups (broad SMARTS) is 1. The van der Waals surface area contributed by atoms with E-state index in [0.717, 1.165) is 22.5 Å². The van der Waals surface area contributed by atoms with Crippen LogP contribution in [-0.2, 0) is 6.42 Å². The predicted octanol–water partition coefficient (Wildman–Crippen LogP) is 3.43. The lowest BCUT2D eigenvalue weighted by Crippen LogP contribution is -2.03. The van der Waals surface area contributed by atoms with E-state index in [1.807, 2.05) is 42.5 Å². The Balaban J connectivity index is 1.87. The van der Waals surface area contributed by atoms with Gasteiger partial charge < -0.3 is 5.11 Å². The van der Waals surface area contributed by atoms with E-state index in [0.29, 0.717) is 6.42 Å². The summed E-state index contributed by atoms with van der Waals surface area (Å²) >= 11 is 0. The van der Waals surface area contributed by atoms with Crippen molar-refractivity contribution in [3.05, 3.63) is 83.8 Å². The largest absolute Gasteiger partial charge is 0.477 e. The molecule has 0 fully saturated rings.